The van der Waals surface area contributed by atoms with Crippen molar-refractivity contribution >= 4 is 39.9 Å². The third-order valence-electron chi connectivity index (χ3n) is 5.49. The van der Waals surface area contributed by atoms with Gasteiger partial charge < -0.3 is 15.0 Å². The van der Waals surface area contributed by atoms with Gasteiger partial charge in [-0.05, 0) is 41.6 Å². The molecule has 164 valence electrons. The second kappa shape index (κ2) is 9.22. The molecule has 6 heteroatoms. The second-order valence-electron chi connectivity index (χ2n) is 8.46. The largest absolute Gasteiger partial charge is 0.462 e. The fourth-order valence-corrected chi connectivity index (χ4v) is 3.82. The summed E-state index contributed by atoms with van der Waals surface area (Å²) in [6.07, 6.45) is 0.161. The molecule has 1 N–H and O–H groups in total. The molecule has 3 aromatic rings. The molecule has 0 aliphatic carbocycles. The van der Waals surface area contributed by atoms with Gasteiger partial charge >= 0.3 is 5.97 Å². The van der Waals surface area contributed by atoms with E-state index in [1.165, 1.54) is 0 Å². The second-order valence-corrected chi connectivity index (χ2v) is 8.46. The number of rotatable bonds is 6. The molecule has 0 unspecified atom stereocenters. The lowest BCUT2D eigenvalue weighted by atomic mass is 10.1. The van der Waals surface area contributed by atoms with Crippen LogP contribution in [0.4, 0.5) is 11.4 Å². The molecule has 1 aliphatic rings. The van der Waals surface area contributed by atoms with Crippen molar-refractivity contribution in [3.8, 4) is 0 Å². The highest BCUT2D eigenvalue weighted by atomic mass is 16.5. The standard InChI is InChI=1S/C26H26N2O4/c1-17(2)16-32-26(31)19-10-12-21(13-11-19)27-25(30)20-14-24(29)28(15-20)23-9-5-7-18-6-3-4-8-22(18)23/h3-13,17,20H,14-16H2,1-2H3,(H,27,30)/t20-/m0/s1. The molecule has 1 atom stereocenters. The van der Waals surface area contributed by atoms with Crippen LogP contribution in [0.5, 0.6) is 0 Å². The molecular formula is C26H26N2O4. The maximum Gasteiger partial charge on any atom is 0.338 e. The Kier molecular flexibility index (Phi) is 6.21. The van der Waals surface area contributed by atoms with Gasteiger partial charge in [0.25, 0.3) is 0 Å². The van der Waals surface area contributed by atoms with Gasteiger partial charge in [-0.2, -0.15) is 0 Å². The van der Waals surface area contributed by atoms with Crippen LogP contribution in [0.15, 0.2) is 66.7 Å². The van der Waals surface area contributed by atoms with Crippen molar-refractivity contribution in [2.45, 2.75) is 20.3 Å². The van der Waals surface area contributed by atoms with Crippen LogP contribution in [-0.4, -0.2) is 30.9 Å². The van der Waals surface area contributed by atoms with Crippen LogP contribution in [-0.2, 0) is 14.3 Å². The molecule has 1 saturated heterocycles. The van der Waals surface area contributed by atoms with E-state index in [0.29, 0.717) is 24.4 Å². The summed E-state index contributed by atoms with van der Waals surface area (Å²) in [4.78, 5) is 39.3. The van der Waals surface area contributed by atoms with Crippen molar-refractivity contribution in [1.82, 2.24) is 0 Å². The monoisotopic (exact) mass is 430 g/mol. The van der Waals surface area contributed by atoms with E-state index in [4.69, 9.17) is 4.74 Å². The fraction of sp³-hybridized carbons (Fsp3) is 0.269. The number of nitrogens with one attached hydrogen (secondary N) is 1. The van der Waals surface area contributed by atoms with Crippen LogP contribution in [0.25, 0.3) is 10.8 Å². The van der Waals surface area contributed by atoms with Crippen molar-refractivity contribution in [3.63, 3.8) is 0 Å². The molecule has 32 heavy (non-hydrogen) atoms. The fourth-order valence-electron chi connectivity index (χ4n) is 3.82. The number of hydrogen-bond acceptors (Lipinski definition) is 4. The maximum absolute atomic E-state index is 12.8. The van der Waals surface area contributed by atoms with Gasteiger partial charge in [-0.25, -0.2) is 4.79 Å². The topological polar surface area (TPSA) is 75.7 Å². The molecule has 1 heterocycles. The number of esters is 1. The Bertz CT molecular complexity index is 1150. The van der Waals surface area contributed by atoms with E-state index >= 15 is 0 Å². The Morgan fingerprint density at radius 3 is 2.50 bits per heavy atom. The number of carbonyl (C=O) groups is 3. The van der Waals surface area contributed by atoms with Gasteiger partial charge in [0.2, 0.25) is 11.8 Å². The molecule has 0 saturated carbocycles. The third-order valence-corrected chi connectivity index (χ3v) is 5.49. The number of carbonyl (C=O) groups excluding carboxylic acids is 3. The first-order valence-electron chi connectivity index (χ1n) is 10.8. The summed E-state index contributed by atoms with van der Waals surface area (Å²) in [7, 11) is 0. The zero-order chi connectivity index (χ0) is 22.7. The van der Waals surface area contributed by atoms with Gasteiger partial charge in [0, 0.05) is 24.0 Å². The minimum atomic E-state index is -0.447. The van der Waals surface area contributed by atoms with Crippen LogP contribution in [0.3, 0.4) is 0 Å². The summed E-state index contributed by atoms with van der Waals surface area (Å²) in [5.74, 6) is -0.845. The van der Waals surface area contributed by atoms with Gasteiger partial charge in [0.15, 0.2) is 0 Å². The first-order chi connectivity index (χ1) is 15.4. The summed E-state index contributed by atoms with van der Waals surface area (Å²) in [5, 5.41) is 4.90. The Morgan fingerprint density at radius 2 is 1.75 bits per heavy atom. The predicted octanol–water partition coefficient (Wildman–Crippen LogP) is 4.64. The summed E-state index contributed by atoms with van der Waals surface area (Å²) in [6.45, 7) is 4.64. The zero-order valence-corrected chi connectivity index (χ0v) is 18.2. The van der Waals surface area contributed by atoms with Crippen LogP contribution < -0.4 is 10.2 Å². The van der Waals surface area contributed by atoms with E-state index in [-0.39, 0.29) is 30.1 Å². The Hall–Kier alpha value is -3.67. The van der Waals surface area contributed by atoms with E-state index in [1.54, 1.807) is 29.2 Å². The summed E-state index contributed by atoms with van der Waals surface area (Å²) in [5.41, 5.74) is 1.83. The third kappa shape index (κ3) is 4.64. The van der Waals surface area contributed by atoms with Crippen LogP contribution in [0, 0.1) is 11.8 Å². The highest BCUT2D eigenvalue weighted by Gasteiger charge is 2.35. The molecule has 0 radical (unpaired) electrons. The number of anilines is 2. The molecule has 2 amide bonds. The van der Waals surface area contributed by atoms with E-state index in [2.05, 4.69) is 5.32 Å². The zero-order valence-electron chi connectivity index (χ0n) is 18.2. The number of ether oxygens (including phenoxy) is 1. The van der Waals surface area contributed by atoms with E-state index < -0.39 is 5.92 Å². The average molecular weight is 431 g/mol. The first-order valence-corrected chi connectivity index (χ1v) is 10.8. The molecule has 1 aliphatic heterocycles. The molecule has 4 rings (SSSR count). The molecule has 0 bridgehead atoms. The predicted molar refractivity (Wildman–Crippen MR) is 125 cm³/mol. The average Bonchev–Trinajstić information content (AvgIpc) is 3.19. The Morgan fingerprint density at radius 1 is 1.03 bits per heavy atom. The Labute approximate surface area is 187 Å². The van der Waals surface area contributed by atoms with Crippen LogP contribution >= 0.6 is 0 Å². The van der Waals surface area contributed by atoms with E-state index in [9.17, 15) is 14.4 Å². The van der Waals surface area contributed by atoms with Gasteiger partial charge in [-0.3, -0.25) is 9.59 Å². The minimum absolute atomic E-state index is 0.0650. The van der Waals surface area contributed by atoms with Gasteiger partial charge in [-0.15, -0.1) is 0 Å². The minimum Gasteiger partial charge on any atom is -0.462 e. The number of fused-ring (bicyclic) bond motifs is 1. The number of benzene rings is 3. The smallest absolute Gasteiger partial charge is 0.338 e. The molecule has 1 fully saturated rings. The molecular weight excluding hydrogens is 404 g/mol. The number of hydrogen-bond donors (Lipinski definition) is 1. The Balaban J connectivity index is 1.41. The number of amides is 2. The lowest BCUT2D eigenvalue weighted by Crippen LogP contribution is -2.28. The highest BCUT2D eigenvalue weighted by Crippen LogP contribution is 2.32. The highest BCUT2D eigenvalue weighted by molar-refractivity contribution is 6.08. The molecule has 3 aromatic carbocycles. The molecule has 6 nitrogen and oxygen atoms in total. The quantitative estimate of drug-likeness (QED) is 0.578. The lowest BCUT2D eigenvalue weighted by molar-refractivity contribution is -0.122. The van der Waals surface area contributed by atoms with Crippen LogP contribution in [0.2, 0.25) is 0 Å². The van der Waals surface area contributed by atoms with E-state index in [0.717, 1.165) is 16.5 Å². The normalized spacial score (nSPS) is 15.9. The molecule has 0 spiro atoms. The maximum atomic E-state index is 12.8. The van der Waals surface area contributed by atoms with E-state index in [1.807, 2.05) is 56.3 Å². The van der Waals surface area contributed by atoms with Crippen molar-refractivity contribution < 1.29 is 19.1 Å². The SMILES string of the molecule is CC(C)COC(=O)c1ccc(NC(=O)[C@H]2CC(=O)N(c3cccc4ccccc34)C2)cc1. The summed E-state index contributed by atoms with van der Waals surface area (Å²) < 4.78 is 5.22. The van der Waals surface area contributed by atoms with Gasteiger partial charge in [-0.1, -0.05) is 50.2 Å². The lowest BCUT2D eigenvalue weighted by Gasteiger charge is -2.19. The van der Waals surface area contributed by atoms with Crippen LogP contribution in [0.1, 0.15) is 30.6 Å². The first kappa shape index (κ1) is 21.6. The van der Waals surface area contributed by atoms with Gasteiger partial charge in [0.05, 0.1) is 23.8 Å². The van der Waals surface area contributed by atoms with Crippen molar-refractivity contribution in [1.29, 1.82) is 0 Å². The van der Waals surface area contributed by atoms with Crippen molar-refractivity contribution in [2.24, 2.45) is 11.8 Å². The molecule has 0 aromatic heterocycles. The van der Waals surface area contributed by atoms with Crippen molar-refractivity contribution in [2.75, 3.05) is 23.4 Å². The number of nitrogens with zero attached hydrogens (tertiary/aromatic N) is 1. The van der Waals surface area contributed by atoms with Crippen molar-refractivity contribution in [3.05, 3.63) is 72.3 Å². The summed E-state index contributed by atoms with van der Waals surface area (Å²) >= 11 is 0. The summed E-state index contributed by atoms with van der Waals surface area (Å²) in [6, 6.07) is 20.3. The van der Waals surface area contributed by atoms with Gasteiger partial charge in [0.1, 0.15) is 0 Å².